The van der Waals surface area contributed by atoms with Crippen molar-refractivity contribution in [3.63, 3.8) is 0 Å². The van der Waals surface area contributed by atoms with Crippen molar-refractivity contribution in [3.05, 3.63) is 64.2 Å². The first kappa shape index (κ1) is 13.5. The van der Waals surface area contributed by atoms with Crippen LogP contribution in [-0.2, 0) is 6.42 Å². The second-order valence-corrected chi connectivity index (χ2v) is 5.44. The molecule has 3 nitrogen and oxygen atoms in total. The molecule has 1 aliphatic carbocycles. The number of fused-ring (bicyclic) bond motifs is 1. The van der Waals surface area contributed by atoms with Gasteiger partial charge in [-0.2, -0.15) is 0 Å². The molecule has 20 heavy (non-hydrogen) atoms. The summed E-state index contributed by atoms with van der Waals surface area (Å²) in [7, 11) is 0. The Kier molecular flexibility index (Phi) is 3.70. The number of hydrazine groups is 1. The van der Waals surface area contributed by atoms with Crippen molar-refractivity contribution in [1.29, 1.82) is 0 Å². The van der Waals surface area contributed by atoms with E-state index in [-0.39, 0.29) is 17.8 Å². The molecular weight excluding hydrogens is 277 g/mol. The average molecular weight is 292 g/mol. The molecule has 0 radical (unpaired) electrons. The molecule has 3 rings (SSSR count). The van der Waals surface area contributed by atoms with Gasteiger partial charge in [0.2, 0.25) is 0 Å². The van der Waals surface area contributed by atoms with Crippen LogP contribution in [0.3, 0.4) is 0 Å². The van der Waals surface area contributed by atoms with Crippen molar-refractivity contribution in [1.82, 2.24) is 10.4 Å². The third-order valence-electron chi connectivity index (χ3n) is 3.88. The number of rotatable bonds is 3. The van der Waals surface area contributed by atoms with Crippen molar-refractivity contribution >= 4 is 11.6 Å². The lowest BCUT2D eigenvalue weighted by Crippen LogP contribution is -2.32. The van der Waals surface area contributed by atoms with E-state index in [4.69, 9.17) is 17.4 Å². The third kappa shape index (κ3) is 2.30. The van der Waals surface area contributed by atoms with Gasteiger partial charge in [0, 0.05) is 28.4 Å². The second-order valence-electron chi connectivity index (χ2n) is 5.00. The molecule has 1 aliphatic rings. The van der Waals surface area contributed by atoms with E-state index in [9.17, 15) is 4.39 Å². The molecule has 0 spiro atoms. The average Bonchev–Trinajstić information content (AvgIpc) is 2.88. The van der Waals surface area contributed by atoms with E-state index in [1.165, 1.54) is 17.7 Å². The summed E-state index contributed by atoms with van der Waals surface area (Å²) in [5, 5.41) is 0.501. The van der Waals surface area contributed by atoms with Gasteiger partial charge in [0.1, 0.15) is 5.82 Å². The number of hydrogen-bond acceptors (Lipinski definition) is 3. The van der Waals surface area contributed by atoms with Gasteiger partial charge in [-0.3, -0.25) is 16.3 Å². The van der Waals surface area contributed by atoms with E-state index in [0.29, 0.717) is 10.6 Å². The van der Waals surface area contributed by atoms with Crippen LogP contribution in [0.4, 0.5) is 4.39 Å². The molecule has 1 heterocycles. The Labute approximate surface area is 121 Å². The second kappa shape index (κ2) is 5.48. The summed E-state index contributed by atoms with van der Waals surface area (Å²) in [6, 6.07) is 8.19. The highest BCUT2D eigenvalue weighted by Crippen LogP contribution is 2.41. The van der Waals surface area contributed by atoms with Gasteiger partial charge in [-0.15, -0.1) is 0 Å². The minimum Gasteiger partial charge on any atom is -0.271 e. The summed E-state index contributed by atoms with van der Waals surface area (Å²) in [5.41, 5.74) is 5.42. The molecule has 0 fully saturated rings. The fourth-order valence-corrected chi connectivity index (χ4v) is 3.12. The molecule has 2 aromatic rings. The lowest BCUT2D eigenvalue weighted by atomic mass is 9.91. The van der Waals surface area contributed by atoms with Gasteiger partial charge in [-0.1, -0.05) is 17.7 Å². The van der Waals surface area contributed by atoms with Crippen LogP contribution in [0.15, 0.2) is 36.5 Å². The van der Waals surface area contributed by atoms with Crippen LogP contribution >= 0.6 is 11.6 Å². The lowest BCUT2D eigenvalue weighted by molar-refractivity contribution is 0.429. The maximum absolute atomic E-state index is 14.1. The Morgan fingerprint density at radius 2 is 2.25 bits per heavy atom. The Hall–Kier alpha value is -1.49. The summed E-state index contributed by atoms with van der Waals surface area (Å²) in [4.78, 5) is 4.44. The van der Waals surface area contributed by atoms with Crippen LogP contribution in [0.2, 0.25) is 5.02 Å². The molecule has 0 bridgehead atoms. The maximum atomic E-state index is 14.1. The normalized spacial score (nSPS) is 18.9. The minimum absolute atomic E-state index is 0.0594. The summed E-state index contributed by atoms with van der Waals surface area (Å²) >= 11 is 5.97. The molecular formula is C15H15ClFN3. The van der Waals surface area contributed by atoms with Gasteiger partial charge in [-0.25, -0.2) is 4.39 Å². The van der Waals surface area contributed by atoms with Crippen molar-refractivity contribution in [2.45, 2.75) is 24.8 Å². The third-order valence-corrected chi connectivity index (χ3v) is 4.11. The molecule has 0 saturated heterocycles. The van der Waals surface area contributed by atoms with Gasteiger partial charge in [0.15, 0.2) is 0 Å². The van der Waals surface area contributed by atoms with Crippen LogP contribution < -0.4 is 11.3 Å². The van der Waals surface area contributed by atoms with E-state index >= 15 is 0 Å². The van der Waals surface area contributed by atoms with E-state index in [2.05, 4.69) is 16.5 Å². The zero-order chi connectivity index (χ0) is 14.1. The van der Waals surface area contributed by atoms with E-state index < -0.39 is 0 Å². The molecule has 3 N–H and O–H groups in total. The highest BCUT2D eigenvalue weighted by molar-refractivity contribution is 6.30. The summed E-state index contributed by atoms with van der Waals surface area (Å²) < 4.78 is 14.1. The van der Waals surface area contributed by atoms with Crippen LogP contribution in [0.1, 0.15) is 35.2 Å². The Morgan fingerprint density at radius 1 is 1.40 bits per heavy atom. The van der Waals surface area contributed by atoms with Gasteiger partial charge < -0.3 is 0 Å². The molecule has 2 unspecified atom stereocenters. The molecule has 2 atom stereocenters. The zero-order valence-corrected chi connectivity index (χ0v) is 11.6. The lowest BCUT2D eigenvalue weighted by Gasteiger charge is -2.24. The van der Waals surface area contributed by atoms with Crippen molar-refractivity contribution in [3.8, 4) is 0 Å². The molecule has 0 saturated carbocycles. The van der Waals surface area contributed by atoms with Crippen LogP contribution in [0, 0.1) is 5.82 Å². The zero-order valence-electron chi connectivity index (χ0n) is 10.8. The number of aryl methyl sites for hydroxylation is 1. The SMILES string of the molecule is NNC(c1cc(Cl)ccc1F)C1CCc2cccnc21. The van der Waals surface area contributed by atoms with Gasteiger partial charge in [0.25, 0.3) is 0 Å². The van der Waals surface area contributed by atoms with Crippen molar-refractivity contribution in [2.24, 2.45) is 5.84 Å². The first-order valence-corrected chi connectivity index (χ1v) is 6.93. The predicted molar refractivity (Wildman–Crippen MR) is 76.8 cm³/mol. The largest absolute Gasteiger partial charge is 0.271 e. The quantitative estimate of drug-likeness (QED) is 0.675. The van der Waals surface area contributed by atoms with Gasteiger partial charge in [-0.05, 0) is 42.7 Å². The minimum atomic E-state index is -0.329. The van der Waals surface area contributed by atoms with Crippen molar-refractivity contribution in [2.75, 3.05) is 0 Å². The van der Waals surface area contributed by atoms with E-state index in [1.807, 2.05) is 6.07 Å². The van der Waals surface area contributed by atoms with Gasteiger partial charge in [0.05, 0.1) is 6.04 Å². The number of hydrogen-bond donors (Lipinski definition) is 2. The van der Waals surface area contributed by atoms with Crippen LogP contribution in [0.25, 0.3) is 0 Å². The summed E-state index contributed by atoms with van der Waals surface area (Å²) in [6.45, 7) is 0. The molecule has 1 aromatic heterocycles. The Balaban J connectivity index is 2.01. The molecule has 0 aliphatic heterocycles. The number of nitrogens with one attached hydrogen (secondary N) is 1. The predicted octanol–water partition coefficient (Wildman–Crippen LogP) is 3.11. The van der Waals surface area contributed by atoms with Crippen LogP contribution in [0.5, 0.6) is 0 Å². The highest BCUT2D eigenvalue weighted by atomic mass is 35.5. The number of benzene rings is 1. The number of halogens is 2. The topological polar surface area (TPSA) is 50.9 Å². The van der Waals surface area contributed by atoms with E-state index in [1.54, 1.807) is 12.3 Å². The number of nitrogens with two attached hydrogens (primary N) is 1. The number of nitrogens with zero attached hydrogens (tertiary/aromatic N) is 1. The van der Waals surface area contributed by atoms with Gasteiger partial charge >= 0.3 is 0 Å². The molecule has 0 amide bonds. The first-order chi connectivity index (χ1) is 9.70. The van der Waals surface area contributed by atoms with E-state index in [0.717, 1.165) is 18.5 Å². The van der Waals surface area contributed by atoms with Crippen molar-refractivity contribution < 1.29 is 4.39 Å². The molecule has 5 heteroatoms. The summed E-state index contributed by atoms with van der Waals surface area (Å²) in [6.07, 6.45) is 3.60. The summed E-state index contributed by atoms with van der Waals surface area (Å²) in [5.74, 6) is 5.43. The fourth-order valence-electron chi connectivity index (χ4n) is 2.94. The fraction of sp³-hybridized carbons (Fsp3) is 0.267. The number of pyridine rings is 1. The first-order valence-electron chi connectivity index (χ1n) is 6.55. The Bertz CT molecular complexity index is 632. The molecule has 1 aromatic carbocycles. The number of aromatic nitrogens is 1. The Morgan fingerprint density at radius 3 is 3.05 bits per heavy atom. The smallest absolute Gasteiger partial charge is 0.128 e. The monoisotopic (exact) mass is 291 g/mol. The van der Waals surface area contributed by atoms with Crippen LogP contribution in [-0.4, -0.2) is 4.98 Å². The highest BCUT2D eigenvalue weighted by Gasteiger charge is 2.32. The standard InChI is InChI=1S/C15H15ClFN3/c16-10-4-6-13(17)12(8-10)15(20-18)11-5-3-9-2-1-7-19-14(9)11/h1-2,4,6-8,11,15,20H,3,5,18H2. The molecule has 104 valence electrons. The maximum Gasteiger partial charge on any atom is 0.128 e.